The Bertz CT molecular complexity index is 199. The van der Waals surface area contributed by atoms with Gasteiger partial charge in [0.25, 0.3) is 0 Å². The van der Waals surface area contributed by atoms with E-state index in [9.17, 15) is 0 Å². The molecule has 0 aliphatic rings. The van der Waals surface area contributed by atoms with Crippen LogP contribution >= 0.6 is 0 Å². The van der Waals surface area contributed by atoms with Gasteiger partial charge in [-0.3, -0.25) is 0 Å². The van der Waals surface area contributed by atoms with Crippen LogP contribution in [0.5, 0.6) is 0 Å². The molecule has 0 saturated carbocycles. The second-order valence-corrected chi connectivity index (χ2v) is 11.6. The molecule has 0 saturated heterocycles. The van der Waals surface area contributed by atoms with Crippen molar-refractivity contribution < 1.29 is 4.43 Å². The summed E-state index contributed by atoms with van der Waals surface area (Å²) in [6.07, 6.45) is 18.0. The lowest BCUT2D eigenvalue weighted by Gasteiger charge is -2.32. The fraction of sp³-hybridized carbons (Fsp3) is 1.00. The van der Waals surface area contributed by atoms with Gasteiger partial charge in [0.1, 0.15) is 0 Å². The van der Waals surface area contributed by atoms with Gasteiger partial charge in [0.05, 0.1) is 0 Å². The van der Waals surface area contributed by atoms with Gasteiger partial charge in [-0.25, -0.2) is 0 Å². The van der Waals surface area contributed by atoms with Crippen LogP contribution < -0.4 is 0 Å². The molecular formula is C21H46OSi. The highest BCUT2D eigenvalue weighted by Crippen LogP contribution is 2.31. The number of rotatable bonds is 18. The first-order valence-electron chi connectivity index (χ1n) is 10.9. The van der Waals surface area contributed by atoms with Gasteiger partial charge in [-0.15, -0.1) is 0 Å². The van der Waals surface area contributed by atoms with Crippen LogP contribution in [0, 0.1) is 0 Å². The SMILES string of the molecule is CCCCCC[Si](CCCCCC)(CCCCCC)OCCC. The normalized spacial score (nSPS) is 12.0. The molecule has 0 aromatic rings. The molecule has 0 rings (SSSR count). The molecule has 0 aromatic heterocycles. The summed E-state index contributed by atoms with van der Waals surface area (Å²) in [5.41, 5.74) is 0. The summed E-state index contributed by atoms with van der Waals surface area (Å²) >= 11 is 0. The highest BCUT2D eigenvalue weighted by molar-refractivity contribution is 6.73. The van der Waals surface area contributed by atoms with Crippen LogP contribution in [0.2, 0.25) is 18.1 Å². The first-order valence-corrected chi connectivity index (χ1v) is 13.4. The van der Waals surface area contributed by atoms with E-state index in [0.717, 1.165) is 6.61 Å². The molecule has 2 heteroatoms. The van der Waals surface area contributed by atoms with Crippen molar-refractivity contribution in [1.82, 2.24) is 0 Å². The average molecular weight is 343 g/mol. The third-order valence-corrected chi connectivity index (χ3v) is 9.68. The van der Waals surface area contributed by atoms with Crippen molar-refractivity contribution in [3.05, 3.63) is 0 Å². The van der Waals surface area contributed by atoms with Crippen LogP contribution in [0.3, 0.4) is 0 Å². The van der Waals surface area contributed by atoms with Gasteiger partial charge in [-0.1, -0.05) is 105 Å². The predicted molar refractivity (Wildman–Crippen MR) is 109 cm³/mol. The molecule has 0 heterocycles. The second kappa shape index (κ2) is 17.0. The highest BCUT2D eigenvalue weighted by Gasteiger charge is 2.33. The van der Waals surface area contributed by atoms with E-state index in [1.54, 1.807) is 0 Å². The molecule has 140 valence electrons. The van der Waals surface area contributed by atoms with Crippen LogP contribution in [-0.2, 0) is 4.43 Å². The van der Waals surface area contributed by atoms with E-state index < -0.39 is 8.32 Å². The number of unbranched alkanes of at least 4 members (excludes halogenated alkanes) is 9. The van der Waals surface area contributed by atoms with Crippen molar-refractivity contribution in [2.24, 2.45) is 0 Å². The Balaban J connectivity index is 4.51. The molecule has 0 unspecified atom stereocenters. The smallest absolute Gasteiger partial charge is 0.192 e. The summed E-state index contributed by atoms with van der Waals surface area (Å²) in [6.45, 7) is 10.2. The Hall–Kier alpha value is 0.177. The van der Waals surface area contributed by atoms with E-state index in [4.69, 9.17) is 4.43 Å². The zero-order chi connectivity index (χ0) is 17.2. The van der Waals surface area contributed by atoms with Gasteiger partial charge in [-0.2, -0.15) is 0 Å². The van der Waals surface area contributed by atoms with Crippen molar-refractivity contribution in [1.29, 1.82) is 0 Å². The third-order valence-electron chi connectivity index (χ3n) is 5.07. The lowest BCUT2D eigenvalue weighted by Crippen LogP contribution is -2.38. The van der Waals surface area contributed by atoms with Crippen molar-refractivity contribution in [3.63, 3.8) is 0 Å². The minimum absolute atomic E-state index is 1.02. The van der Waals surface area contributed by atoms with E-state index >= 15 is 0 Å². The molecule has 0 amide bonds. The minimum Gasteiger partial charge on any atom is -0.417 e. The van der Waals surface area contributed by atoms with Gasteiger partial charge < -0.3 is 4.43 Å². The van der Waals surface area contributed by atoms with Crippen molar-refractivity contribution >= 4 is 8.32 Å². The van der Waals surface area contributed by atoms with Gasteiger partial charge in [0.2, 0.25) is 0 Å². The summed E-state index contributed by atoms with van der Waals surface area (Å²) < 4.78 is 6.66. The van der Waals surface area contributed by atoms with Crippen LogP contribution in [0.1, 0.15) is 111 Å². The first kappa shape index (κ1) is 23.2. The van der Waals surface area contributed by atoms with Gasteiger partial charge in [0.15, 0.2) is 8.32 Å². The maximum absolute atomic E-state index is 6.66. The minimum atomic E-state index is -1.47. The Morgan fingerprint density at radius 3 is 1.17 bits per heavy atom. The summed E-state index contributed by atoms with van der Waals surface area (Å²) in [4.78, 5) is 0. The fourth-order valence-corrected chi connectivity index (χ4v) is 8.04. The molecule has 1 nitrogen and oxygen atoms in total. The Morgan fingerprint density at radius 2 is 0.870 bits per heavy atom. The topological polar surface area (TPSA) is 9.23 Å². The molecule has 0 aliphatic carbocycles. The molecule has 23 heavy (non-hydrogen) atoms. The maximum Gasteiger partial charge on any atom is 0.192 e. The lowest BCUT2D eigenvalue weighted by molar-refractivity contribution is 0.292. The standard InChI is InChI=1S/C21H46OSi/c1-5-9-12-15-19-23(22-18-8-4,20-16-13-10-6-2)21-17-14-11-7-3/h5-21H2,1-4H3. The molecule has 0 aliphatic heterocycles. The highest BCUT2D eigenvalue weighted by atomic mass is 28.4. The molecule has 0 radical (unpaired) electrons. The molecule has 0 aromatic carbocycles. The Morgan fingerprint density at radius 1 is 0.478 bits per heavy atom. The summed E-state index contributed by atoms with van der Waals surface area (Å²) in [5, 5.41) is 0. The van der Waals surface area contributed by atoms with E-state index in [-0.39, 0.29) is 0 Å². The lowest BCUT2D eigenvalue weighted by atomic mass is 10.2. The van der Waals surface area contributed by atoms with Crippen molar-refractivity contribution in [2.45, 2.75) is 129 Å². The van der Waals surface area contributed by atoms with Crippen molar-refractivity contribution in [2.75, 3.05) is 6.61 Å². The third kappa shape index (κ3) is 13.2. The largest absolute Gasteiger partial charge is 0.417 e. The summed E-state index contributed by atoms with van der Waals surface area (Å²) in [6, 6.07) is 4.31. The van der Waals surface area contributed by atoms with Crippen LogP contribution in [0.25, 0.3) is 0 Å². The summed E-state index contributed by atoms with van der Waals surface area (Å²) in [5.74, 6) is 0. The maximum atomic E-state index is 6.66. The second-order valence-electron chi connectivity index (χ2n) is 7.46. The molecule has 0 atom stereocenters. The zero-order valence-corrected chi connectivity index (χ0v) is 17.9. The Kier molecular flexibility index (Phi) is 17.1. The van der Waals surface area contributed by atoms with Crippen molar-refractivity contribution in [3.8, 4) is 0 Å². The van der Waals surface area contributed by atoms with E-state index in [1.165, 1.54) is 102 Å². The van der Waals surface area contributed by atoms with Gasteiger partial charge in [0, 0.05) is 6.61 Å². The van der Waals surface area contributed by atoms with E-state index in [1.807, 2.05) is 0 Å². The van der Waals surface area contributed by atoms with Crippen LogP contribution in [-0.4, -0.2) is 14.9 Å². The van der Waals surface area contributed by atoms with E-state index in [0.29, 0.717) is 0 Å². The monoisotopic (exact) mass is 342 g/mol. The number of hydrogen-bond donors (Lipinski definition) is 0. The van der Waals surface area contributed by atoms with Gasteiger partial charge >= 0.3 is 0 Å². The average Bonchev–Trinajstić information content (AvgIpc) is 2.57. The zero-order valence-electron chi connectivity index (χ0n) is 16.9. The number of hydrogen-bond acceptors (Lipinski definition) is 1. The summed E-state index contributed by atoms with van der Waals surface area (Å²) in [7, 11) is -1.47. The van der Waals surface area contributed by atoms with E-state index in [2.05, 4.69) is 27.7 Å². The quantitative estimate of drug-likeness (QED) is 0.180. The van der Waals surface area contributed by atoms with Gasteiger partial charge in [-0.05, 0) is 24.6 Å². The first-order chi connectivity index (χ1) is 11.2. The fourth-order valence-electron chi connectivity index (χ4n) is 3.53. The molecule has 0 spiro atoms. The molecule has 0 fully saturated rings. The molecule has 0 bridgehead atoms. The molecular weight excluding hydrogens is 296 g/mol. The van der Waals surface area contributed by atoms with Crippen LogP contribution in [0.4, 0.5) is 0 Å². The molecule has 0 N–H and O–H groups in total. The predicted octanol–water partition coefficient (Wildman–Crippen LogP) is 8.10. The Labute approximate surface area is 149 Å². The van der Waals surface area contributed by atoms with Crippen LogP contribution in [0.15, 0.2) is 0 Å².